The Hall–Kier alpha value is -1.16. The van der Waals surface area contributed by atoms with Gasteiger partial charge in [-0.1, -0.05) is 0 Å². The Labute approximate surface area is 96.0 Å². The monoisotopic (exact) mass is 221 g/mol. The smallest absolute Gasteiger partial charge is 0.166 e. The number of nitrogens with one attached hydrogen (secondary N) is 1. The summed E-state index contributed by atoms with van der Waals surface area (Å²) in [5, 5.41) is 7.36. The van der Waals surface area contributed by atoms with E-state index in [1.165, 1.54) is 12.8 Å². The maximum Gasteiger partial charge on any atom is 0.166 e. The first-order valence-corrected chi connectivity index (χ1v) is 5.98. The van der Waals surface area contributed by atoms with Crippen LogP contribution in [0.1, 0.15) is 36.0 Å². The minimum absolute atomic E-state index is 0.228. The highest BCUT2D eigenvalue weighted by atomic mass is 16.1. The van der Waals surface area contributed by atoms with E-state index in [9.17, 15) is 4.79 Å². The maximum absolute atomic E-state index is 11.8. The predicted molar refractivity (Wildman–Crippen MR) is 62.4 cm³/mol. The highest BCUT2D eigenvalue weighted by molar-refractivity contribution is 5.95. The Kier molecular flexibility index (Phi) is 3.72. The van der Waals surface area contributed by atoms with Crippen LogP contribution < -0.4 is 5.32 Å². The number of piperidine rings is 1. The second-order valence-corrected chi connectivity index (χ2v) is 4.56. The summed E-state index contributed by atoms with van der Waals surface area (Å²) in [7, 11) is 1.84. The fourth-order valence-corrected chi connectivity index (χ4v) is 2.22. The first kappa shape index (κ1) is 11.3. The van der Waals surface area contributed by atoms with Gasteiger partial charge < -0.3 is 5.32 Å². The third kappa shape index (κ3) is 2.92. The highest BCUT2D eigenvalue weighted by Crippen LogP contribution is 2.19. The fraction of sp³-hybridized carbons (Fsp3) is 0.667. The molecule has 1 aromatic rings. The third-order valence-electron chi connectivity index (χ3n) is 3.27. The normalized spacial score (nSPS) is 17.6. The van der Waals surface area contributed by atoms with Crippen molar-refractivity contribution >= 4 is 5.78 Å². The molecule has 0 radical (unpaired) electrons. The Balaban J connectivity index is 1.79. The molecule has 1 fully saturated rings. The number of carbonyl (C=O) groups excluding carboxylic acids is 1. The van der Waals surface area contributed by atoms with Crippen molar-refractivity contribution in [1.29, 1.82) is 0 Å². The second kappa shape index (κ2) is 5.25. The first-order chi connectivity index (χ1) is 7.75. The summed E-state index contributed by atoms with van der Waals surface area (Å²) in [4.78, 5) is 11.8. The van der Waals surface area contributed by atoms with Gasteiger partial charge in [0.15, 0.2) is 5.78 Å². The van der Waals surface area contributed by atoms with Crippen molar-refractivity contribution in [2.45, 2.75) is 25.7 Å². The summed E-state index contributed by atoms with van der Waals surface area (Å²) in [6.45, 7) is 2.21. The number of carbonyl (C=O) groups is 1. The third-order valence-corrected chi connectivity index (χ3v) is 3.27. The molecule has 1 saturated heterocycles. The lowest BCUT2D eigenvalue weighted by Gasteiger charge is -2.21. The molecule has 0 spiro atoms. The number of ketones is 1. The van der Waals surface area contributed by atoms with Crippen LogP contribution in [0.5, 0.6) is 0 Å². The predicted octanol–water partition coefficient (Wildman–Crippen LogP) is 1.38. The summed E-state index contributed by atoms with van der Waals surface area (Å²) < 4.78 is 1.68. The van der Waals surface area contributed by atoms with E-state index in [1.54, 1.807) is 17.1 Å². The molecule has 0 bridgehead atoms. The van der Waals surface area contributed by atoms with Crippen LogP contribution >= 0.6 is 0 Å². The van der Waals surface area contributed by atoms with Gasteiger partial charge in [0.1, 0.15) is 0 Å². The first-order valence-electron chi connectivity index (χ1n) is 5.98. The summed E-state index contributed by atoms with van der Waals surface area (Å²) in [5.74, 6) is 0.952. The molecule has 4 heteroatoms. The lowest BCUT2D eigenvalue weighted by atomic mass is 9.91. The van der Waals surface area contributed by atoms with Crippen LogP contribution in [0.2, 0.25) is 0 Å². The van der Waals surface area contributed by atoms with Crippen molar-refractivity contribution in [2.75, 3.05) is 13.1 Å². The molecule has 16 heavy (non-hydrogen) atoms. The zero-order valence-electron chi connectivity index (χ0n) is 9.78. The zero-order valence-corrected chi connectivity index (χ0v) is 9.78. The molecule has 0 saturated carbocycles. The molecule has 1 aromatic heterocycles. The number of aryl methyl sites for hydroxylation is 1. The van der Waals surface area contributed by atoms with Gasteiger partial charge in [-0.25, -0.2) is 0 Å². The molecule has 2 rings (SSSR count). The molecule has 2 heterocycles. The van der Waals surface area contributed by atoms with Crippen molar-refractivity contribution in [2.24, 2.45) is 13.0 Å². The van der Waals surface area contributed by atoms with Crippen LogP contribution in [0.4, 0.5) is 0 Å². The van der Waals surface area contributed by atoms with Gasteiger partial charge in [-0.15, -0.1) is 0 Å². The van der Waals surface area contributed by atoms with Crippen LogP contribution in [-0.2, 0) is 7.05 Å². The summed E-state index contributed by atoms with van der Waals surface area (Å²) in [5.41, 5.74) is 0.747. The molecule has 0 aromatic carbocycles. The van der Waals surface area contributed by atoms with E-state index in [4.69, 9.17) is 0 Å². The SMILES string of the molecule is Cn1cc(C(=O)CCC2CCNCC2)cn1. The standard InChI is InChI=1S/C12H19N3O/c1-15-9-11(8-14-15)12(16)3-2-10-4-6-13-7-5-10/h8-10,13H,2-7H2,1H3. The van der Waals surface area contributed by atoms with Gasteiger partial charge in [0.05, 0.1) is 11.8 Å². The van der Waals surface area contributed by atoms with Gasteiger partial charge in [-0.3, -0.25) is 9.48 Å². The van der Waals surface area contributed by atoms with E-state index in [0.717, 1.165) is 31.0 Å². The van der Waals surface area contributed by atoms with Gasteiger partial charge in [-0.05, 0) is 38.3 Å². The molecule has 0 aliphatic carbocycles. The molecular formula is C12H19N3O. The number of nitrogens with zero attached hydrogens (tertiary/aromatic N) is 2. The molecule has 88 valence electrons. The largest absolute Gasteiger partial charge is 0.317 e. The van der Waals surface area contributed by atoms with Crippen LogP contribution in [0, 0.1) is 5.92 Å². The van der Waals surface area contributed by atoms with Crippen LogP contribution in [0.3, 0.4) is 0 Å². The van der Waals surface area contributed by atoms with E-state index in [2.05, 4.69) is 10.4 Å². The van der Waals surface area contributed by atoms with Crippen molar-refractivity contribution < 1.29 is 4.79 Å². The average Bonchev–Trinajstić information content (AvgIpc) is 2.74. The molecule has 0 amide bonds. The number of hydrogen-bond donors (Lipinski definition) is 1. The van der Waals surface area contributed by atoms with E-state index in [-0.39, 0.29) is 5.78 Å². The van der Waals surface area contributed by atoms with Crippen molar-refractivity contribution in [1.82, 2.24) is 15.1 Å². The zero-order chi connectivity index (χ0) is 11.4. The molecular weight excluding hydrogens is 202 g/mol. The van der Waals surface area contributed by atoms with E-state index in [0.29, 0.717) is 6.42 Å². The quantitative estimate of drug-likeness (QED) is 0.781. The minimum Gasteiger partial charge on any atom is -0.317 e. The van der Waals surface area contributed by atoms with Crippen molar-refractivity contribution in [3.05, 3.63) is 18.0 Å². The fourth-order valence-electron chi connectivity index (χ4n) is 2.22. The Bertz CT molecular complexity index is 353. The van der Waals surface area contributed by atoms with E-state index >= 15 is 0 Å². The minimum atomic E-state index is 0.228. The van der Waals surface area contributed by atoms with Gasteiger partial charge >= 0.3 is 0 Å². The maximum atomic E-state index is 11.8. The Morgan fingerprint density at radius 2 is 2.31 bits per heavy atom. The lowest BCUT2D eigenvalue weighted by molar-refractivity contribution is 0.0970. The molecule has 1 N–H and O–H groups in total. The molecule has 1 aliphatic rings. The van der Waals surface area contributed by atoms with Crippen LogP contribution in [0.15, 0.2) is 12.4 Å². The average molecular weight is 221 g/mol. The van der Waals surface area contributed by atoms with E-state index in [1.807, 2.05) is 7.05 Å². The van der Waals surface area contributed by atoms with Gasteiger partial charge in [0.2, 0.25) is 0 Å². The van der Waals surface area contributed by atoms with Gasteiger partial charge in [0, 0.05) is 19.7 Å². The van der Waals surface area contributed by atoms with Crippen LogP contribution in [-0.4, -0.2) is 28.7 Å². The van der Waals surface area contributed by atoms with E-state index < -0.39 is 0 Å². The Morgan fingerprint density at radius 1 is 1.56 bits per heavy atom. The topological polar surface area (TPSA) is 46.9 Å². The number of Topliss-reactive ketones (excluding diaryl/α,β-unsaturated/α-hetero) is 1. The van der Waals surface area contributed by atoms with Gasteiger partial charge in [0.25, 0.3) is 0 Å². The number of hydrogen-bond acceptors (Lipinski definition) is 3. The highest BCUT2D eigenvalue weighted by Gasteiger charge is 2.15. The molecule has 4 nitrogen and oxygen atoms in total. The van der Waals surface area contributed by atoms with Crippen LogP contribution in [0.25, 0.3) is 0 Å². The molecule has 0 atom stereocenters. The second-order valence-electron chi connectivity index (χ2n) is 4.56. The van der Waals surface area contributed by atoms with Gasteiger partial charge in [-0.2, -0.15) is 5.10 Å². The molecule has 1 aliphatic heterocycles. The number of aromatic nitrogens is 2. The Morgan fingerprint density at radius 3 is 2.94 bits per heavy atom. The molecule has 0 unspecified atom stereocenters. The summed E-state index contributed by atoms with van der Waals surface area (Å²) in [6, 6.07) is 0. The lowest BCUT2D eigenvalue weighted by Crippen LogP contribution is -2.27. The summed E-state index contributed by atoms with van der Waals surface area (Å²) >= 11 is 0. The summed E-state index contributed by atoms with van der Waals surface area (Å²) in [6.07, 6.45) is 7.56. The number of rotatable bonds is 4. The van der Waals surface area contributed by atoms with Crippen molar-refractivity contribution in [3.8, 4) is 0 Å². The van der Waals surface area contributed by atoms with Crippen molar-refractivity contribution in [3.63, 3.8) is 0 Å².